The van der Waals surface area contributed by atoms with Crippen LogP contribution in [0.4, 0.5) is 0 Å². The second-order valence-electron chi connectivity index (χ2n) is 3.63. The van der Waals surface area contributed by atoms with Gasteiger partial charge >= 0.3 is 0 Å². The number of hydrogen-bond acceptors (Lipinski definition) is 5. The van der Waals surface area contributed by atoms with E-state index in [0.29, 0.717) is 23.3 Å². The van der Waals surface area contributed by atoms with Crippen LogP contribution < -0.4 is 5.73 Å². The van der Waals surface area contributed by atoms with Crippen molar-refractivity contribution in [1.82, 2.24) is 0 Å². The van der Waals surface area contributed by atoms with E-state index in [0.717, 1.165) is 0 Å². The lowest BCUT2D eigenvalue weighted by atomic mass is 10.0. The van der Waals surface area contributed by atoms with Gasteiger partial charge in [-0.05, 0) is 17.7 Å². The van der Waals surface area contributed by atoms with Gasteiger partial charge in [-0.15, -0.1) is 0 Å². The maximum atomic E-state index is 9.81. The maximum absolute atomic E-state index is 9.81. The molecule has 0 aliphatic rings. The first-order valence-electron chi connectivity index (χ1n) is 5.15. The van der Waals surface area contributed by atoms with Crippen LogP contribution >= 0.6 is 12.6 Å². The largest absolute Gasteiger partial charge is 0.409 e. The molecule has 0 aromatic heterocycles. The monoisotopic (exact) mass is 256 g/mol. The van der Waals surface area contributed by atoms with Crippen LogP contribution in [0.3, 0.4) is 0 Å². The Labute approximate surface area is 105 Å². The van der Waals surface area contributed by atoms with Gasteiger partial charge in [-0.3, -0.25) is 0 Å². The summed E-state index contributed by atoms with van der Waals surface area (Å²) in [6, 6.07) is 6.47. The summed E-state index contributed by atoms with van der Waals surface area (Å²) in [5, 5.41) is 30.8. The molecule has 94 valence electrons. The zero-order chi connectivity index (χ0) is 12.8. The number of nitrogens with zero attached hydrogens (tertiary/aromatic N) is 1. The molecule has 5 N–H and O–H groups in total. The van der Waals surface area contributed by atoms with Crippen LogP contribution in [0.2, 0.25) is 0 Å². The minimum absolute atomic E-state index is 0.00180. The van der Waals surface area contributed by atoms with Gasteiger partial charge in [0, 0.05) is 5.56 Å². The predicted octanol–water partition coefficient (Wildman–Crippen LogP) is 0.495. The summed E-state index contributed by atoms with van der Waals surface area (Å²) in [5.74, 6) is 0.502. The highest BCUT2D eigenvalue weighted by molar-refractivity contribution is 7.80. The Hall–Kier alpha value is -1.24. The number of amidine groups is 1. The van der Waals surface area contributed by atoms with E-state index < -0.39 is 12.2 Å². The van der Waals surface area contributed by atoms with E-state index in [1.54, 1.807) is 24.3 Å². The fourth-order valence-corrected chi connectivity index (χ4v) is 1.69. The molecule has 0 radical (unpaired) electrons. The molecule has 1 aromatic rings. The van der Waals surface area contributed by atoms with Gasteiger partial charge in [0.2, 0.25) is 0 Å². The van der Waals surface area contributed by atoms with Crippen molar-refractivity contribution in [2.24, 2.45) is 10.9 Å². The highest BCUT2D eigenvalue weighted by atomic mass is 32.1. The zero-order valence-corrected chi connectivity index (χ0v) is 10.1. The molecule has 0 heterocycles. The quantitative estimate of drug-likeness (QED) is 0.174. The average Bonchev–Trinajstić information content (AvgIpc) is 2.37. The summed E-state index contributed by atoms with van der Waals surface area (Å²) in [7, 11) is 0. The van der Waals surface area contributed by atoms with Gasteiger partial charge in [0.25, 0.3) is 0 Å². The lowest BCUT2D eigenvalue weighted by Gasteiger charge is -2.17. The van der Waals surface area contributed by atoms with E-state index in [9.17, 15) is 10.2 Å². The fraction of sp³-hybridized carbons (Fsp3) is 0.364. The first kappa shape index (κ1) is 13.8. The van der Waals surface area contributed by atoms with Gasteiger partial charge in [0.1, 0.15) is 6.10 Å². The Morgan fingerprint density at radius 1 is 1.29 bits per heavy atom. The molecule has 0 fully saturated rings. The molecule has 1 rings (SSSR count). The molecular formula is C11H16N2O3S. The number of thiol groups is 1. The highest BCUT2D eigenvalue weighted by Gasteiger charge is 2.17. The predicted molar refractivity (Wildman–Crippen MR) is 68.4 cm³/mol. The van der Waals surface area contributed by atoms with Crippen LogP contribution in [0.5, 0.6) is 0 Å². The van der Waals surface area contributed by atoms with E-state index in [2.05, 4.69) is 17.8 Å². The Balaban J connectivity index is 2.80. The van der Waals surface area contributed by atoms with Crippen molar-refractivity contribution >= 4 is 18.5 Å². The Morgan fingerprint density at radius 3 is 2.35 bits per heavy atom. The summed E-state index contributed by atoms with van der Waals surface area (Å²) >= 11 is 3.99. The topological polar surface area (TPSA) is 99.1 Å². The van der Waals surface area contributed by atoms with E-state index in [4.69, 9.17) is 10.9 Å². The number of benzene rings is 1. The molecule has 1 aromatic carbocycles. The molecule has 17 heavy (non-hydrogen) atoms. The molecule has 0 amide bonds. The van der Waals surface area contributed by atoms with Gasteiger partial charge in [0.05, 0.1) is 6.10 Å². The van der Waals surface area contributed by atoms with E-state index >= 15 is 0 Å². The van der Waals surface area contributed by atoms with Crippen LogP contribution in [-0.4, -0.2) is 33.1 Å². The Bertz CT molecular complexity index is 381. The first-order chi connectivity index (χ1) is 8.10. The van der Waals surface area contributed by atoms with E-state index in [1.165, 1.54) is 0 Å². The summed E-state index contributed by atoms with van der Waals surface area (Å²) in [6.07, 6.45) is -1.39. The van der Waals surface area contributed by atoms with Crippen LogP contribution in [0.25, 0.3) is 0 Å². The molecule has 0 bridgehead atoms. The lowest BCUT2D eigenvalue weighted by Crippen LogP contribution is -2.19. The third-order valence-corrected chi connectivity index (χ3v) is 2.70. The van der Waals surface area contributed by atoms with Crippen LogP contribution in [0, 0.1) is 0 Å². The molecule has 5 nitrogen and oxygen atoms in total. The molecule has 0 aliphatic carbocycles. The van der Waals surface area contributed by atoms with Crippen molar-refractivity contribution in [2.45, 2.75) is 18.6 Å². The molecule has 6 heteroatoms. The molecule has 0 saturated carbocycles. The fourth-order valence-electron chi connectivity index (χ4n) is 1.42. The van der Waals surface area contributed by atoms with Crippen molar-refractivity contribution in [3.05, 3.63) is 35.4 Å². The van der Waals surface area contributed by atoms with Gasteiger partial charge in [-0.25, -0.2) is 0 Å². The van der Waals surface area contributed by atoms with Crippen molar-refractivity contribution in [3.63, 3.8) is 0 Å². The van der Waals surface area contributed by atoms with Crippen LogP contribution in [0.1, 0.15) is 23.7 Å². The Morgan fingerprint density at radius 2 is 1.88 bits per heavy atom. The third-order valence-electron chi connectivity index (χ3n) is 2.45. The maximum Gasteiger partial charge on any atom is 0.170 e. The average molecular weight is 256 g/mol. The van der Waals surface area contributed by atoms with Crippen molar-refractivity contribution < 1.29 is 15.4 Å². The summed E-state index contributed by atoms with van der Waals surface area (Å²) in [6.45, 7) is 0. The van der Waals surface area contributed by atoms with Gasteiger partial charge in [0.15, 0.2) is 5.84 Å². The normalized spacial score (nSPS) is 15.6. The van der Waals surface area contributed by atoms with Crippen molar-refractivity contribution in [3.8, 4) is 0 Å². The smallest absolute Gasteiger partial charge is 0.170 e. The second kappa shape index (κ2) is 6.48. The number of nitrogens with two attached hydrogens (primary N) is 1. The number of aliphatic hydroxyl groups excluding tert-OH is 2. The molecule has 2 unspecified atom stereocenters. The number of oxime groups is 1. The molecule has 2 atom stereocenters. The van der Waals surface area contributed by atoms with E-state index in [1.807, 2.05) is 0 Å². The first-order valence-corrected chi connectivity index (χ1v) is 5.78. The van der Waals surface area contributed by atoms with Crippen LogP contribution in [0.15, 0.2) is 29.4 Å². The molecule has 0 saturated heterocycles. The second-order valence-corrected chi connectivity index (χ2v) is 4.08. The highest BCUT2D eigenvalue weighted by Crippen LogP contribution is 2.19. The molecular weight excluding hydrogens is 240 g/mol. The summed E-state index contributed by atoms with van der Waals surface area (Å²) in [4.78, 5) is 0. The molecule has 0 aliphatic heterocycles. The van der Waals surface area contributed by atoms with Crippen molar-refractivity contribution in [1.29, 1.82) is 0 Å². The molecule has 0 spiro atoms. The minimum Gasteiger partial charge on any atom is -0.409 e. The standard InChI is InChI=1S/C11H16N2O3S/c12-11(13-16)8-3-1-7(2-4-8)10(15)9(14)5-6-17/h1-4,9-10,14-17H,5-6H2,(H2,12,13). The van der Waals surface area contributed by atoms with Gasteiger partial charge in [-0.1, -0.05) is 29.4 Å². The van der Waals surface area contributed by atoms with E-state index in [-0.39, 0.29) is 5.84 Å². The number of aliphatic hydroxyl groups is 2. The number of rotatable bonds is 5. The van der Waals surface area contributed by atoms with Crippen molar-refractivity contribution in [2.75, 3.05) is 5.75 Å². The SMILES string of the molecule is NC(=NO)c1ccc(C(O)C(O)CCS)cc1. The summed E-state index contributed by atoms with van der Waals surface area (Å²) < 4.78 is 0. The minimum atomic E-state index is -0.955. The third kappa shape index (κ3) is 3.62. The Kier molecular flexibility index (Phi) is 5.27. The van der Waals surface area contributed by atoms with Crippen LogP contribution in [-0.2, 0) is 0 Å². The summed E-state index contributed by atoms with van der Waals surface area (Å²) in [5.41, 5.74) is 6.53. The number of hydrogen-bond donors (Lipinski definition) is 5. The zero-order valence-electron chi connectivity index (χ0n) is 9.19. The van der Waals surface area contributed by atoms with Gasteiger partial charge in [-0.2, -0.15) is 12.6 Å². The van der Waals surface area contributed by atoms with Gasteiger partial charge < -0.3 is 21.2 Å². The lowest BCUT2D eigenvalue weighted by molar-refractivity contribution is 0.0172.